The first-order chi connectivity index (χ1) is 8.15. The van der Waals surface area contributed by atoms with Crippen LogP contribution in [0.3, 0.4) is 0 Å². The molecule has 0 spiro atoms. The maximum absolute atomic E-state index is 4.02. The van der Waals surface area contributed by atoms with Crippen molar-refractivity contribution in [1.82, 2.24) is 5.32 Å². The first-order valence-corrected chi connectivity index (χ1v) is 7.41. The van der Waals surface area contributed by atoms with Crippen molar-refractivity contribution in [2.45, 2.75) is 45.6 Å². The van der Waals surface area contributed by atoms with E-state index in [1.54, 1.807) is 0 Å². The lowest BCUT2D eigenvalue weighted by atomic mass is 9.86. The molecule has 1 unspecified atom stereocenters. The first-order valence-electron chi connectivity index (χ1n) is 6.60. The van der Waals surface area contributed by atoms with Crippen LogP contribution < -0.4 is 5.32 Å². The van der Waals surface area contributed by atoms with Crippen molar-refractivity contribution in [3.63, 3.8) is 0 Å². The molecule has 1 aliphatic rings. The molecule has 1 N–H and O–H groups in total. The summed E-state index contributed by atoms with van der Waals surface area (Å²) in [5.41, 5.74) is 0.193. The molecule has 1 atom stereocenters. The van der Waals surface area contributed by atoms with Crippen molar-refractivity contribution in [2.75, 3.05) is 6.54 Å². The van der Waals surface area contributed by atoms with E-state index in [0.717, 1.165) is 25.4 Å². The highest BCUT2D eigenvalue weighted by molar-refractivity contribution is 7.11. The molecule has 1 aromatic rings. The third-order valence-electron chi connectivity index (χ3n) is 3.51. The third kappa shape index (κ3) is 3.68. The number of hydrogen-bond donors (Lipinski definition) is 1. The molecule has 0 saturated heterocycles. The predicted molar refractivity (Wildman–Crippen MR) is 76.7 cm³/mol. The van der Waals surface area contributed by atoms with Gasteiger partial charge in [-0.3, -0.25) is 0 Å². The SMILES string of the molecule is C=CC(C)(CNC1CC1)Cc1ccc(CC)s1. The van der Waals surface area contributed by atoms with Gasteiger partial charge in [0.05, 0.1) is 0 Å². The molecule has 0 amide bonds. The zero-order chi connectivity index (χ0) is 12.3. The maximum Gasteiger partial charge on any atom is 0.00685 e. The van der Waals surface area contributed by atoms with E-state index in [1.807, 2.05) is 11.3 Å². The lowest BCUT2D eigenvalue weighted by Gasteiger charge is -2.25. The lowest BCUT2D eigenvalue weighted by molar-refractivity contribution is 0.392. The van der Waals surface area contributed by atoms with E-state index < -0.39 is 0 Å². The molecule has 1 heterocycles. The summed E-state index contributed by atoms with van der Waals surface area (Å²) in [4.78, 5) is 2.98. The maximum atomic E-state index is 4.02. The van der Waals surface area contributed by atoms with E-state index in [4.69, 9.17) is 0 Å². The van der Waals surface area contributed by atoms with Gasteiger partial charge in [0.2, 0.25) is 0 Å². The van der Waals surface area contributed by atoms with Crippen LogP contribution in [0, 0.1) is 5.41 Å². The van der Waals surface area contributed by atoms with E-state index in [0.29, 0.717) is 0 Å². The van der Waals surface area contributed by atoms with Crippen molar-refractivity contribution < 1.29 is 0 Å². The van der Waals surface area contributed by atoms with Crippen LogP contribution in [0.15, 0.2) is 24.8 Å². The molecule has 2 rings (SSSR count). The van der Waals surface area contributed by atoms with Crippen molar-refractivity contribution in [2.24, 2.45) is 5.41 Å². The van der Waals surface area contributed by atoms with Crippen LogP contribution in [-0.4, -0.2) is 12.6 Å². The molecule has 1 aromatic heterocycles. The highest BCUT2D eigenvalue weighted by Gasteiger charge is 2.26. The second-order valence-electron chi connectivity index (χ2n) is 5.41. The number of aryl methyl sites for hydroxylation is 1. The van der Waals surface area contributed by atoms with Crippen LogP contribution in [0.4, 0.5) is 0 Å². The average molecular weight is 249 g/mol. The summed E-state index contributed by atoms with van der Waals surface area (Å²) in [6, 6.07) is 5.32. The lowest BCUT2D eigenvalue weighted by Crippen LogP contribution is -2.33. The Kier molecular flexibility index (Phi) is 4.05. The molecule has 0 bridgehead atoms. The Morgan fingerprint density at radius 3 is 2.71 bits per heavy atom. The van der Waals surface area contributed by atoms with E-state index in [1.165, 1.54) is 22.6 Å². The van der Waals surface area contributed by atoms with Gasteiger partial charge in [-0.15, -0.1) is 17.9 Å². The minimum Gasteiger partial charge on any atom is -0.313 e. The van der Waals surface area contributed by atoms with E-state index in [-0.39, 0.29) is 5.41 Å². The van der Waals surface area contributed by atoms with Gasteiger partial charge in [0.1, 0.15) is 0 Å². The summed E-state index contributed by atoms with van der Waals surface area (Å²) in [5.74, 6) is 0. The Morgan fingerprint density at radius 2 is 2.18 bits per heavy atom. The van der Waals surface area contributed by atoms with Crippen molar-refractivity contribution in [1.29, 1.82) is 0 Å². The Hall–Kier alpha value is -0.600. The minimum absolute atomic E-state index is 0.193. The van der Waals surface area contributed by atoms with Gasteiger partial charge in [0, 0.05) is 27.8 Å². The summed E-state index contributed by atoms with van der Waals surface area (Å²) in [6.45, 7) is 9.60. The van der Waals surface area contributed by atoms with Gasteiger partial charge in [-0.25, -0.2) is 0 Å². The number of rotatable bonds is 7. The zero-order valence-corrected chi connectivity index (χ0v) is 11.8. The van der Waals surface area contributed by atoms with Crippen molar-refractivity contribution in [3.8, 4) is 0 Å². The standard InChI is InChI=1S/C15H23NS/c1-4-13-8-9-14(17-13)10-15(3,5-2)11-16-12-6-7-12/h5,8-9,12,16H,2,4,6-7,10-11H2,1,3H3. The molecule has 1 saturated carbocycles. The first kappa shape index (κ1) is 12.8. The quantitative estimate of drug-likeness (QED) is 0.725. The van der Waals surface area contributed by atoms with Gasteiger partial charge < -0.3 is 5.32 Å². The summed E-state index contributed by atoms with van der Waals surface area (Å²) in [5, 5.41) is 3.62. The summed E-state index contributed by atoms with van der Waals surface area (Å²) < 4.78 is 0. The van der Waals surface area contributed by atoms with Crippen LogP contribution in [0.1, 0.15) is 36.4 Å². The van der Waals surface area contributed by atoms with E-state index in [2.05, 4.69) is 44.0 Å². The molecule has 0 aromatic carbocycles. The molecule has 0 radical (unpaired) electrons. The Balaban J connectivity index is 1.93. The fourth-order valence-electron chi connectivity index (χ4n) is 1.98. The van der Waals surface area contributed by atoms with Gasteiger partial charge in [-0.1, -0.05) is 19.9 Å². The average Bonchev–Trinajstić information content (AvgIpc) is 3.07. The number of thiophene rings is 1. The van der Waals surface area contributed by atoms with Gasteiger partial charge in [0.15, 0.2) is 0 Å². The van der Waals surface area contributed by atoms with Crippen LogP contribution in [0.5, 0.6) is 0 Å². The Morgan fingerprint density at radius 1 is 1.47 bits per heavy atom. The monoisotopic (exact) mass is 249 g/mol. The largest absolute Gasteiger partial charge is 0.313 e. The van der Waals surface area contributed by atoms with Gasteiger partial charge in [0.25, 0.3) is 0 Å². The topological polar surface area (TPSA) is 12.0 Å². The smallest absolute Gasteiger partial charge is 0.00685 e. The molecule has 1 fully saturated rings. The summed E-state index contributed by atoms with van der Waals surface area (Å²) in [7, 11) is 0. The minimum atomic E-state index is 0.193. The normalized spacial score (nSPS) is 18.9. The number of nitrogens with one attached hydrogen (secondary N) is 1. The van der Waals surface area contributed by atoms with Gasteiger partial charge in [-0.05, 0) is 37.8 Å². The molecule has 17 heavy (non-hydrogen) atoms. The predicted octanol–water partition coefficient (Wildman–Crippen LogP) is 3.80. The molecule has 1 aliphatic carbocycles. The van der Waals surface area contributed by atoms with Crippen LogP contribution in [0.2, 0.25) is 0 Å². The van der Waals surface area contributed by atoms with Gasteiger partial charge in [-0.2, -0.15) is 0 Å². The third-order valence-corrected chi connectivity index (χ3v) is 4.74. The molecular formula is C15H23NS. The summed E-state index contributed by atoms with van der Waals surface area (Å²) >= 11 is 1.95. The Labute approximate surface area is 109 Å². The molecule has 1 nitrogen and oxygen atoms in total. The van der Waals surface area contributed by atoms with E-state index >= 15 is 0 Å². The summed E-state index contributed by atoms with van der Waals surface area (Å²) in [6.07, 6.45) is 7.09. The van der Waals surface area contributed by atoms with Crippen molar-refractivity contribution >= 4 is 11.3 Å². The van der Waals surface area contributed by atoms with Crippen LogP contribution in [-0.2, 0) is 12.8 Å². The second kappa shape index (κ2) is 5.36. The molecule has 0 aliphatic heterocycles. The highest BCUT2D eigenvalue weighted by Crippen LogP contribution is 2.29. The van der Waals surface area contributed by atoms with Gasteiger partial charge >= 0.3 is 0 Å². The number of hydrogen-bond acceptors (Lipinski definition) is 2. The van der Waals surface area contributed by atoms with E-state index in [9.17, 15) is 0 Å². The fourth-order valence-corrected chi connectivity index (χ4v) is 3.13. The van der Waals surface area contributed by atoms with Crippen molar-refractivity contribution in [3.05, 3.63) is 34.5 Å². The molecule has 94 valence electrons. The van der Waals surface area contributed by atoms with Crippen LogP contribution in [0.25, 0.3) is 0 Å². The highest BCUT2D eigenvalue weighted by atomic mass is 32.1. The molecular weight excluding hydrogens is 226 g/mol. The zero-order valence-electron chi connectivity index (χ0n) is 11.0. The Bertz CT molecular complexity index is 378. The fraction of sp³-hybridized carbons (Fsp3) is 0.600. The van der Waals surface area contributed by atoms with Crippen LogP contribution >= 0.6 is 11.3 Å². The molecule has 2 heteroatoms. The second-order valence-corrected chi connectivity index (χ2v) is 6.66.